The maximum absolute atomic E-state index is 9.38. The van der Waals surface area contributed by atoms with E-state index in [-0.39, 0.29) is 12.7 Å². The molecule has 0 amide bonds. The van der Waals surface area contributed by atoms with Gasteiger partial charge in [-0.3, -0.25) is 0 Å². The zero-order valence-corrected chi connectivity index (χ0v) is 14.8. The predicted octanol–water partition coefficient (Wildman–Crippen LogP) is 3.07. The molecular weight excluding hydrogens is 316 g/mol. The van der Waals surface area contributed by atoms with Crippen LogP contribution in [0.3, 0.4) is 0 Å². The van der Waals surface area contributed by atoms with E-state index in [4.69, 9.17) is 9.84 Å². The van der Waals surface area contributed by atoms with Gasteiger partial charge in [-0.1, -0.05) is 12.1 Å². The number of nitriles is 1. The van der Waals surface area contributed by atoms with Crippen molar-refractivity contribution < 1.29 is 9.84 Å². The van der Waals surface area contributed by atoms with Crippen LogP contribution >= 0.6 is 0 Å². The average Bonchev–Trinajstić information content (AvgIpc) is 2.58. The van der Waals surface area contributed by atoms with Crippen LogP contribution in [0.1, 0.15) is 30.5 Å². The lowest BCUT2D eigenvalue weighted by Crippen LogP contribution is -2.11. The monoisotopic (exact) mass is 340 g/mol. The number of aliphatic hydroxyl groups is 1. The fraction of sp³-hybridized carbons (Fsp3) is 0.368. The fourth-order valence-electron chi connectivity index (χ4n) is 2.36. The summed E-state index contributed by atoms with van der Waals surface area (Å²) in [7, 11) is 0. The van der Waals surface area contributed by atoms with Gasteiger partial charge in [-0.15, -0.1) is 0 Å². The Morgan fingerprint density at radius 1 is 1.24 bits per heavy atom. The Bertz CT molecular complexity index is 736. The fourth-order valence-corrected chi connectivity index (χ4v) is 2.36. The molecule has 2 aromatic rings. The van der Waals surface area contributed by atoms with E-state index in [1.54, 1.807) is 6.07 Å². The minimum atomic E-state index is 0.0221. The van der Waals surface area contributed by atoms with Crippen molar-refractivity contribution in [1.29, 1.82) is 5.26 Å². The van der Waals surface area contributed by atoms with Gasteiger partial charge in [0.25, 0.3) is 0 Å². The van der Waals surface area contributed by atoms with Gasteiger partial charge in [-0.2, -0.15) is 5.26 Å². The number of nitrogens with zero attached hydrogens (tertiary/aromatic N) is 2. The first-order valence-corrected chi connectivity index (χ1v) is 8.29. The third kappa shape index (κ3) is 5.37. The zero-order valence-electron chi connectivity index (χ0n) is 14.8. The van der Waals surface area contributed by atoms with Crippen LogP contribution in [-0.4, -0.2) is 29.3 Å². The molecule has 0 saturated carbocycles. The molecule has 0 atom stereocenters. The summed E-state index contributed by atoms with van der Waals surface area (Å²) in [6.07, 6.45) is 0.142. The number of anilines is 2. The number of aryl methyl sites for hydroxylation is 1. The summed E-state index contributed by atoms with van der Waals surface area (Å²) < 4.78 is 5.63. The highest BCUT2D eigenvalue weighted by molar-refractivity contribution is 5.60. The molecule has 0 aliphatic carbocycles. The van der Waals surface area contributed by atoms with E-state index in [9.17, 15) is 5.26 Å². The number of aromatic nitrogens is 1. The molecule has 2 rings (SSSR count). The molecule has 6 nitrogen and oxygen atoms in total. The molecular formula is C19H24N4O2. The maximum atomic E-state index is 9.38. The van der Waals surface area contributed by atoms with Gasteiger partial charge < -0.3 is 20.5 Å². The van der Waals surface area contributed by atoms with Gasteiger partial charge in [0, 0.05) is 13.1 Å². The van der Waals surface area contributed by atoms with Crippen LogP contribution in [0, 0.1) is 18.3 Å². The molecule has 132 valence electrons. The SMILES string of the molecule is Cc1cc(NCCO)nc(NCc2ccc(OC(C)C)cc2)c1C#N. The van der Waals surface area contributed by atoms with Crippen LogP contribution in [0.2, 0.25) is 0 Å². The molecule has 1 aromatic carbocycles. The van der Waals surface area contributed by atoms with Gasteiger partial charge in [0.1, 0.15) is 23.5 Å². The normalized spacial score (nSPS) is 10.4. The van der Waals surface area contributed by atoms with Crippen molar-refractivity contribution in [1.82, 2.24) is 4.98 Å². The average molecular weight is 340 g/mol. The number of hydrogen-bond donors (Lipinski definition) is 3. The summed E-state index contributed by atoms with van der Waals surface area (Å²) >= 11 is 0. The maximum Gasteiger partial charge on any atom is 0.146 e. The number of aliphatic hydroxyl groups excluding tert-OH is 1. The molecule has 0 spiro atoms. The minimum absolute atomic E-state index is 0.0221. The summed E-state index contributed by atoms with van der Waals surface area (Å²) in [5, 5.41) is 24.5. The predicted molar refractivity (Wildman–Crippen MR) is 98.8 cm³/mol. The highest BCUT2D eigenvalue weighted by Crippen LogP contribution is 2.21. The molecule has 0 radical (unpaired) electrons. The van der Waals surface area contributed by atoms with Gasteiger partial charge in [0.2, 0.25) is 0 Å². The lowest BCUT2D eigenvalue weighted by Gasteiger charge is -2.13. The van der Waals surface area contributed by atoms with Crippen molar-refractivity contribution in [2.75, 3.05) is 23.8 Å². The first kappa shape index (κ1) is 18.6. The van der Waals surface area contributed by atoms with Crippen molar-refractivity contribution in [2.24, 2.45) is 0 Å². The summed E-state index contributed by atoms with van der Waals surface area (Å²) in [6, 6.07) is 11.8. The summed E-state index contributed by atoms with van der Waals surface area (Å²) in [6.45, 7) is 6.83. The standard InChI is InChI=1S/C19H24N4O2/c1-13(2)25-16-6-4-15(5-7-16)12-22-19-17(11-20)14(3)10-18(23-19)21-8-9-24/h4-7,10,13,24H,8-9,12H2,1-3H3,(H2,21,22,23). The van der Waals surface area contributed by atoms with Crippen LogP contribution in [0.25, 0.3) is 0 Å². The molecule has 0 fully saturated rings. The smallest absolute Gasteiger partial charge is 0.146 e. The zero-order chi connectivity index (χ0) is 18.2. The van der Waals surface area contributed by atoms with E-state index >= 15 is 0 Å². The largest absolute Gasteiger partial charge is 0.491 e. The van der Waals surface area contributed by atoms with Crippen molar-refractivity contribution in [3.05, 3.63) is 47.0 Å². The number of nitrogens with one attached hydrogen (secondary N) is 2. The number of rotatable bonds is 8. The number of pyridine rings is 1. The quantitative estimate of drug-likeness (QED) is 0.684. The van der Waals surface area contributed by atoms with Crippen LogP contribution in [0.5, 0.6) is 5.75 Å². The second-order valence-electron chi connectivity index (χ2n) is 5.97. The lowest BCUT2D eigenvalue weighted by molar-refractivity contribution is 0.242. The molecule has 6 heteroatoms. The molecule has 1 heterocycles. The molecule has 3 N–H and O–H groups in total. The highest BCUT2D eigenvalue weighted by Gasteiger charge is 2.10. The highest BCUT2D eigenvalue weighted by atomic mass is 16.5. The number of hydrogen-bond acceptors (Lipinski definition) is 6. The second-order valence-corrected chi connectivity index (χ2v) is 5.97. The summed E-state index contributed by atoms with van der Waals surface area (Å²) in [5.41, 5.74) is 2.42. The topological polar surface area (TPSA) is 90.2 Å². The Hall–Kier alpha value is -2.78. The van der Waals surface area contributed by atoms with Crippen LogP contribution in [-0.2, 0) is 6.54 Å². The Morgan fingerprint density at radius 3 is 2.56 bits per heavy atom. The summed E-state index contributed by atoms with van der Waals surface area (Å²) in [4.78, 5) is 4.43. The van der Waals surface area contributed by atoms with Gasteiger partial charge in [0.05, 0.1) is 18.3 Å². The van der Waals surface area contributed by atoms with E-state index in [1.807, 2.05) is 45.0 Å². The third-order valence-corrected chi connectivity index (χ3v) is 3.50. The van der Waals surface area contributed by atoms with Gasteiger partial charge in [-0.05, 0) is 50.1 Å². The number of ether oxygens (including phenoxy) is 1. The van der Waals surface area contributed by atoms with E-state index in [0.29, 0.717) is 30.3 Å². The summed E-state index contributed by atoms with van der Waals surface area (Å²) in [5.74, 6) is 2.00. The van der Waals surface area contributed by atoms with Crippen LogP contribution in [0.4, 0.5) is 11.6 Å². The third-order valence-electron chi connectivity index (χ3n) is 3.50. The molecule has 0 saturated heterocycles. The number of benzene rings is 1. The molecule has 1 aromatic heterocycles. The second kappa shape index (κ2) is 8.90. The Morgan fingerprint density at radius 2 is 1.96 bits per heavy atom. The first-order valence-electron chi connectivity index (χ1n) is 8.29. The van der Waals surface area contributed by atoms with Crippen LogP contribution in [0.15, 0.2) is 30.3 Å². The van der Waals surface area contributed by atoms with Crippen molar-refractivity contribution in [3.63, 3.8) is 0 Å². The van der Waals surface area contributed by atoms with Crippen molar-refractivity contribution >= 4 is 11.6 Å². The van der Waals surface area contributed by atoms with Gasteiger partial charge in [0.15, 0.2) is 0 Å². The minimum Gasteiger partial charge on any atom is -0.491 e. The van der Waals surface area contributed by atoms with Crippen molar-refractivity contribution in [3.8, 4) is 11.8 Å². The lowest BCUT2D eigenvalue weighted by atomic mass is 10.1. The van der Waals surface area contributed by atoms with Crippen LogP contribution < -0.4 is 15.4 Å². The van der Waals surface area contributed by atoms with Crippen molar-refractivity contribution in [2.45, 2.75) is 33.4 Å². The van der Waals surface area contributed by atoms with Gasteiger partial charge >= 0.3 is 0 Å². The molecule has 0 bridgehead atoms. The van der Waals surface area contributed by atoms with E-state index in [2.05, 4.69) is 21.7 Å². The van der Waals surface area contributed by atoms with E-state index in [1.165, 1.54) is 0 Å². The first-order chi connectivity index (χ1) is 12.0. The van der Waals surface area contributed by atoms with E-state index in [0.717, 1.165) is 16.9 Å². The Labute approximate surface area is 148 Å². The molecule has 0 unspecified atom stereocenters. The molecule has 0 aliphatic rings. The van der Waals surface area contributed by atoms with Gasteiger partial charge in [-0.25, -0.2) is 4.98 Å². The Kier molecular flexibility index (Phi) is 6.61. The Balaban J connectivity index is 2.10. The molecule has 0 aliphatic heterocycles. The van der Waals surface area contributed by atoms with E-state index < -0.39 is 0 Å². The molecule has 25 heavy (non-hydrogen) atoms.